The number of benzene rings is 1. The van der Waals surface area contributed by atoms with Crippen molar-refractivity contribution < 1.29 is 14.3 Å². The van der Waals surface area contributed by atoms with E-state index in [1.54, 1.807) is 13.2 Å². The van der Waals surface area contributed by atoms with Gasteiger partial charge in [-0.3, -0.25) is 9.59 Å². The normalized spacial score (nSPS) is 19.2. The number of carbonyl (C=O) groups is 2. The number of carbonyl (C=O) groups excluding carboxylic acids is 2. The summed E-state index contributed by atoms with van der Waals surface area (Å²) in [5.41, 5.74) is 3.08. The number of methoxy groups -OCH3 is 1. The molecule has 0 amide bonds. The molecule has 0 aromatic heterocycles. The summed E-state index contributed by atoms with van der Waals surface area (Å²) in [6.07, 6.45) is 2.29. The lowest BCUT2D eigenvalue weighted by Gasteiger charge is -2.41. The molecule has 0 bridgehead atoms. The summed E-state index contributed by atoms with van der Waals surface area (Å²) in [5.74, 6) is -0.0854. The van der Waals surface area contributed by atoms with Gasteiger partial charge in [0.05, 0.1) is 11.3 Å². The van der Waals surface area contributed by atoms with Gasteiger partial charge < -0.3 is 9.64 Å². The molecule has 0 spiro atoms. The highest BCUT2D eigenvalue weighted by atomic mass is 16.5. The monoisotopic (exact) mass is 352 g/mol. The lowest BCUT2D eigenvalue weighted by atomic mass is 9.84. The number of hydrogen-bond acceptors (Lipinski definition) is 5. The van der Waals surface area contributed by atoms with Crippen LogP contribution in [0, 0.1) is 11.3 Å². The van der Waals surface area contributed by atoms with E-state index < -0.39 is 0 Å². The fourth-order valence-corrected chi connectivity index (χ4v) is 3.71. The van der Waals surface area contributed by atoms with E-state index in [-0.39, 0.29) is 29.2 Å². The van der Waals surface area contributed by atoms with Crippen LogP contribution in [-0.2, 0) is 16.0 Å². The average molecular weight is 352 g/mol. The largest absolute Gasteiger partial charge is 0.378 e. The van der Waals surface area contributed by atoms with Crippen LogP contribution in [0.4, 0.5) is 0 Å². The van der Waals surface area contributed by atoms with Crippen LogP contribution in [0.5, 0.6) is 0 Å². The first-order valence-electron chi connectivity index (χ1n) is 9.06. The molecule has 2 aliphatic rings. The first kappa shape index (κ1) is 18.3. The molecule has 3 rings (SSSR count). The van der Waals surface area contributed by atoms with Crippen molar-refractivity contribution >= 4 is 17.3 Å². The van der Waals surface area contributed by atoms with Crippen LogP contribution in [-0.4, -0.2) is 42.3 Å². The molecule has 0 saturated carbocycles. The van der Waals surface area contributed by atoms with Gasteiger partial charge in [-0.05, 0) is 31.4 Å². The van der Waals surface area contributed by atoms with Gasteiger partial charge in [0.25, 0.3) is 0 Å². The summed E-state index contributed by atoms with van der Waals surface area (Å²) < 4.78 is 5.60. The molecule has 0 unspecified atom stereocenters. The molecule has 26 heavy (non-hydrogen) atoms. The number of allylic oxidation sites excluding steroid dienone is 1. The van der Waals surface area contributed by atoms with Crippen molar-refractivity contribution in [2.45, 2.75) is 45.1 Å². The van der Waals surface area contributed by atoms with Gasteiger partial charge in [-0.1, -0.05) is 19.1 Å². The summed E-state index contributed by atoms with van der Waals surface area (Å²) in [4.78, 5) is 26.8. The number of rotatable bonds is 4. The Morgan fingerprint density at radius 3 is 2.62 bits per heavy atom. The van der Waals surface area contributed by atoms with Gasteiger partial charge in [0.2, 0.25) is 0 Å². The Labute approximate surface area is 154 Å². The lowest BCUT2D eigenvalue weighted by Crippen LogP contribution is -2.43. The Balaban J connectivity index is 2.06. The maximum absolute atomic E-state index is 12.5. The van der Waals surface area contributed by atoms with Crippen molar-refractivity contribution in [2.75, 3.05) is 20.2 Å². The first-order chi connectivity index (χ1) is 12.4. The molecular weight excluding hydrogens is 328 g/mol. The van der Waals surface area contributed by atoms with Gasteiger partial charge >= 0.3 is 0 Å². The van der Waals surface area contributed by atoms with E-state index in [2.05, 4.69) is 17.9 Å². The summed E-state index contributed by atoms with van der Waals surface area (Å²) in [6, 6.07) is 7.60. The number of piperidine rings is 1. The topological polar surface area (TPSA) is 70.4 Å². The molecule has 1 aromatic carbocycles. The minimum Gasteiger partial charge on any atom is -0.378 e. The van der Waals surface area contributed by atoms with Crippen LogP contribution in [0.2, 0.25) is 0 Å². The van der Waals surface area contributed by atoms with Crippen LogP contribution in [0.25, 0.3) is 5.70 Å². The Bertz CT molecular complexity index is 824. The fourth-order valence-electron chi connectivity index (χ4n) is 3.71. The van der Waals surface area contributed by atoms with Crippen LogP contribution in [0.1, 0.15) is 54.6 Å². The van der Waals surface area contributed by atoms with Crippen molar-refractivity contribution in [3.05, 3.63) is 40.5 Å². The second-order valence-corrected chi connectivity index (χ2v) is 7.23. The van der Waals surface area contributed by atoms with E-state index in [1.807, 2.05) is 19.1 Å². The van der Waals surface area contributed by atoms with E-state index in [0.29, 0.717) is 30.8 Å². The SMILES string of the molecule is CCC(=O)c1ccc2c(c1)C(N1CCC(C)(OC)CC1)=C(C#N)C(=O)C2. The Kier molecular flexibility index (Phi) is 4.97. The predicted molar refractivity (Wildman–Crippen MR) is 98.5 cm³/mol. The number of nitriles is 1. The quantitative estimate of drug-likeness (QED) is 0.779. The van der Waals surface area contributed by atoms with E-state index in [1.165, 1.54) is 0 Å². The zero-order valence-electron chi connectivity index (χ0n) is 15.6. The van der Waals surface area contributed by atoms with Gasteiger partial charge in [-0.15, -0.1) is 0 Å². The molecule has 1 heterocycles. The predicted octanol–water partition coefficient (Wildman–Crippen LogP) is 3.14. The molecule has 0 atom stereocenters. The molecule has 1 aliphatic carbocycles. The highest BCUT2D eigenvalue weighted by molar-refractivity contribution is 6.10. The van der Waals surface area contributed by atoms with Gasteiger partial charge in [0.1, 0.15) is 11.6 Å². The average Bonchev–Trinajstić information content (AvgIpc) is 2.66. The maximum atomic E-state index is 12.5. The summed E-state index contributed by atoms with van der Waals surface area (Å²) in [7, 11) is 1.72. The van der Waals surface area contributed by atoms with Gasteiger partial charge in [0.15, 0.2) is 11.6 Å². The Morgan fingerprint density at radius 1 is 1.35 bits per heavy atom. The number of likely N-dealkylation sites (tertiary alicyclic amines) is 1. The molecule has 5 nitrogen and oxygen atoms in total. The second kappa shape index (κ2) is 7.05. The molecule has 5 heteroatoms. The van der Waals surface area contributed by atoms with E-state index >= 15 is 0 Å². The zero-order chi connectivity index (χ0) is 18.9. The number of Topliss-reactive ketones (excluding diaryl/α,β-unsaturated/α-hetero) is 2. The number of hydrogen-bond donors (Lipinski definition) is 0. The van der Waals surface area contributed by atoms with Crippen molar-refractivity contribution in [3.63, 3.8) is 0 Å². The van der Waals surface area contributed by atoms with E-state index in [9.17, 15) is 14.9 Å². The van der Waals surface area contributed by atoms with Crippen LogP contribution in [0.3, 0.4) is 0 Å². The van der Waals surface area contributed by atoms with Crippen LogP contribution >= 0.6 is 0 Å². The number of fused-ring (bicyclic) bond motifs is 1. The smallest absolute Gasteiger partial charge is 0.179 e. The van der Waals surface area contributed by atoms with Gasteiger partial charge in [-0.25, -0.2) is 0 Å². The van der Waals surface area contributed by atoms with Gasteiger partial charge in [-0.2, -0.15) is 5.26 Å². The van der Waals surface area contributed by atoms with Crippen molar-refractivity contribution in [3.8, 4) is 6.07 Å². The summed E-state index contributed by atoms with van der Waals surface area (Å²) in [5, 5.41) is 9.61. The molecule has 0 N–H and O–H groups in total. The molecule has 1 aromatic rings. The van der Waals surface area contributed by atoms with E-state index in [4.69, 9.17) is 4.74 Å². The highest BCUT2D eigenvalue weighted by Crippen LogP contribution is 2.36. The van der Waals surface area contributed by atoms with Crippen molar-refractivity contribution in [2.24, 2.45) is 0 Å². The maximum Gasteiger partial charge on any atom is 0.179 e. The molecular formula is C21H24N2O3. The van der Waals surface area contributed by atoms with E-state index in [0.717, 1.165) is 24.0 Å². The highest BCUT2D eigenvalue weighted by Gasteiger charge is 2.35. The number of nitrogens with zero attached hydrogens (tertiary/aromatic N) is 2. The standard InChI is InChI=1S/C21H24N2O3/c1-4-18(24)15-6-5-14-12-19(25)17(13-22)20(16(14)11-15)23-9-7-21(2,26-3)8-10-23/h5-6,11H,4,7-10,12H2,1-3H3. The van der Waals surface area contributed by atoms with Crippen LogP contribution in [0.15, 0.2) is 23.8 Å². The number of ether oxygens (including phenoxy) is 1. The molecule has 0 radical (unpaired) electrons. The summed E-state index contributed by atoms with van der Waals surface area (Å²) in [6.45, 7) is 5.34. The molecule has 1 aliphatic heterocycles. The third kappa shape index (κ3) is 3.17. The molecule has 1 fully saturated rings. The van der Waals surface area contributed by atoms with Gasteiger partial charge in [0, 0.05) is 44.2 Å². The molecule has 1 saturated heterocycles. The van der Waals surface area contributed by atoms with Crippen LogP contribution < -0.4 is 0 Å². The third-order valence-corrected chi connectivity index (χ3v) is 5.62. The Hall–Kier alpha value is -2.45. The second-order valence-electron chi connectivity index (χ2n) is 7.23. The zero-order valence-corrected chi connectivity index (χ0v) is 15.6. The third-order valence-electron chi connectivity index (χ3n) is 5.62. The minimum absolute atomic E-state index is 0.0631. The fraction of sp³-hybridized carbons (Fsp3) is 0.476. The lowest BCUT2D eigenvalue weighted by molar-refractivity contribution is -0.114. The van der Waals surface area contributed by atoms with Crippen molar-refractivity contribution in [1.29, 1.82) is 5.26 Å². The summed E-state index contributed by atoms with van der Waals surface area (Å²) >= 11 is 0. The minimum atomic E-state index is -0.175. The molecule has 136 valence electrons. The Morgan fingerprint density at radius 2 is 2.04 bits per heavy atom. The first-order valence-corrected chi connectivity index (χ1v) is 9.06. The number of ketones is 2. The van der Waals surface area contributed by atoms with Crippen molar-refractivity contribution in [1.82, 2.24) is 4.90 Å².